The smallest absolute Gasteiger partial charge is 0.172 e. The van der Waals surface area contributed by atoms with Crippen LogP contribution in [0.15, 0.2) is 0 Å². The van der Waals surface area contributed by atoms with Gasteiger partial charge in [-0.25, -0.2) is 0 Å². The Balaban J connectivity index is 3.38. The van der Waals surface area contributed by atoms with Crippen molar-refractivity contribution >= 4 is 18.1 Å². The zero-order chi connectivity index (χ0) is 8.74. The highest BCUT2D eigenvalue weighted by Gasteiger charge is 2.19. The molecule has 0 spiro atoms. The van der Waals surface area contributed by atoms with Gasteiger partial charge in [-0.15, -0.1) is 0 Å². The summed E-state index contributed by atoms with van der Waals surface area (Å²) in [6.45, 7) is 7.64. The quantitative estimate of drug-likeness (QED) is 0.504. The van der Waals surface area contributed by atoms with Gasteiger partial charge in [-0.05, 0) is 32.1 Å². The van der Waals surface area contributed by atoms with Crippen LogP contribution in [0.25, 0.3) is 0 Å². The Morgan fingerprint density at radius 2 is 2.00 bits per heavy atom. The molecular formula is C7H21NOSi2. The van der Waals surface area contributed by atoms with Crippen LogP contribution in [0, 0.1) is 0 Å². The zero-order valence-corrected chi connectivity index (χ0v) is 10.4. The van der Waals surface area contributed by atoms with E-state index in [1.54, 1.807) is 0 Å². The topological polar surface area (TPSA) is 35.2 Å². The molecule has 0 aromatic carbocycles. The SMILES string of the molecule is C[SiH2]O[Si](C)(C)CCCCN. The van der Waals surface area contributed by atoms with E-state index in [1.165, 1.54) is 12.5 Å². The molecule has 0 saturated heterocycles. The molecule has 0 aliphatic rings. The first-order valence-electron chi connectivity index (χ1n) is 4.46. The lowest BCUT2D eigenvalue weighted by molar-refractivity contribution is 0.581. The first-order chi connectivity index (χ1) is 5.12. The van der Waals surface area contributed by atoms with E-state index in [0.29, 0.717) is 0 Å². The van der Waals surface area contributed by atoms with E-state index in [4.69, 9.17) is 9.85 Å². The van der Waals surface area contributed by atoms with Crippen LogP contribution >= 0.6 is 0 Å². The van der Waals surface area contributed by atoms with Gasteiger partial charge < -0.3 is 9.85 Å². The van der Waals surface area contributed by atoms with Crippen LogP contribution in [0.4, 0.5) is 0 Å². The largest absolute Gasteiger partial charge is 0.461 e. The summed E-state index contributed by atoms with van der Waals surface area (Å²) in [6.07, 6.45) is 2.41. The van der Waals surface area contributed by atoms with Crippen LogP contribution in [0.2, 0.25) is 25.7 Å². The molecule has 0 aromatic heterocycles. The molecule has 0 rings (SSSR count). The highest BCUT2D eigenvalue weighted by molar-refractivity contribution is 6.74. The number of hydrogen-bond acceptors (Lipinski definition) is 2. The van der Waals surface area contributed by atoms with Gasteiger partial charge in [0.05, 0.1) is 0 Å². The van der Waals surface area contributed by atoms with Crippen molar-refractivity contribution in [2.75, 3.05) is 6.54 Å². The molecule has 0 unspecified atom stereocenters. The molecule has 68 valence electrons. The van der Waals surface area contributed by atoms with Crippen LogP contribution in [-0.4, -0.2) is 24.6 Å². The van der Waals surface area contributed by atoms with Gasteiger partial charge in [0, 0.05) is 0 Å². The molecule has 0 radical (unpaired) electrons. The first-order valence-corrected chi connectivity index (χ1v) is 9.57. The third-order valence-electron chi connectivity index (χ3n) is 1.77. The van der Waals surface area contributed by atoms with Crippen molar-refractivity contribution in [1.82, 2.24) is 0 Å². The molecule has 0 heterocycles. The predicted octanol–water partition coefficient (Wildman–Crippen LogP) is 1.08. The minimum Gasteiger partial charge on any atom is -0.461 e. The number of hydrogen-bond donors (Lipinski definition) is 1. The Kier molecular flexibility index (Phi) is 6.13. The molecule has 0 fully saturated rings. The normalized spacial score (nSPS) is 13.1. The zero-order valence-electron chi connectivity index (χ0n) is 8.02. The van der Waals surface area contributed by atoms with Crippen molar-refractivity contribution in [3.8, 4) is 0 Å². The lowest BCUT2D eigenvalue weighted by atomic mass is 10.3. The highest BCUT2D eigenvalue weighted by Crippen LogP contribution is 2.13. The maximum absolute atomic E-state index is 5.81. The standard InChI is InChI=1S/C7H21NOSi2/c1-10-9-11(2,3)7-5-4-6-8/h4-8,10H2,1-3H3. The van der Waals surface area contributed by atoms with Crippen molar-refractivity contribution in [2.24, 2.45) is 5.73 Å². The van der Waals surface area contributed by atoms with Crippen molar-refractivity contribution < 1.29 is 4.12 Å². The Hall–Kier alpha value is 0.354. The van der Waals surface area contributed by atoms with Crippen LogP contribution in [0.5, 0.6) is 0 Å². The second-order valence-corrected chi connectivity index (χ2v) is 9.19. The third-order valence-corrected chi connectivity index (χ3v) is 7.61. The Bertz CT molecular complexity index is 98.4. The molecule has 0 aliphatic carbocycles. The van der Waals surface area contributed by atoms with Gasteiger partial charge in [0.25, 0.3) is 0 Å². The second-order valence-electron chi connectivity index (χ2n) is 3.44. The van der Waals surface area contributed by atoms with E-state index < -0.39 is 8.32 Å². The molecule has 11 heavy (non-hydrogen) atoms. The average Bonchev–Trinajstić information content (AvgIpc) is 1.87. The number of unbranched alkanes of at least 4 members (excludes halogenated alkanes) is 1. The molecule has 0 bridgehead atoms. The number of rotatable bonds is 6. The van der Waals surface area contributed by atoms with Gasteiger partial charge in [-0.2, -0.15) is 0 Å². The summed E-state index contributed by atoms with van der Waals surface area (Å²) < 4.78 is 5.81. The Morgan fingerprint density at radius 1 is 1.36 bits per heavy atom. The fourth-order valence-corrected chi connectivity index (χ4v) is 5.96. The molecule has 2 N–H and O–H groups in total. The van der Waals surface area contributed by atoms with Gasteiger partial charge in [-0.3, -0.25) is 0 Å². The highest BCUT2D eigenvalue weighted by atomic mass is 28.4. The molecule has 0 aromatic rings. The van der Waals surface area contributed by atoms with Gasteiger partial charge in [-0.1, -0.05) is 13.0 Å². The van der Waals surface area contributed by atoms with E-state index in [2.05, 4.69) is 19.6 Å². The first kappa shape index (κ1) is 11.4. The number of nitrogens with two attached hydrogens (primary N) is 1. The van der Waals surface area contributed by atoms with Crippen molar-refractivity contribution in [1.29, 1.82) is 0 Å². The van der Waals surface area contributed by atoms with E-state index in [1.807, 2.05) is 0 Å². The minimum atomic E-state index is -1.23. The summed E-state index contributed by atoms with van der Waals surface area (Å²) in [4.78, 5) is 0. The van der Waals surface area contributed by atoms with Gasteiger partial charge in [0.1, 0.15) is 9.76 Å². The second kappa shape index (κ2) is 5.94. The Labute approximate surface area is 73.6 Å². The van der Waals surface area contributed by atoms with Gasteiger partial charge in [0.15, 0.2) is 8.32 Å². The minimum absolute atomic E-state index is 0.194. The molecule has 0 amide bonds. The summed E-state index contributed by atoms with van der Waals surface area (Å²) in [5, 5.41) is 0. The van der Waals surface area contributed by atoms with Crippen molar-refractivity contribution in [3.05, 3.63) is 0 Å². The molecule has 2 nitrogen and oxygen atoms in total. The lowest BCUT2D eigenvalue weighted by Crippen LogP contribution is -2.31. The predicted molar refractivity (Wildman–Crippen MR) is 56.1 cm³/mol. The molecule has 0 atom stereocenters. The van der Waals surface area contributed by atoms with E-state index in [0.717, 1.165) is 13.0 Å². The summed E-state index contributed by atoms with van der Waals surface area (Å²) >= 11 is 0. The molecule has 0 aliphatic heterocycles. The fourth-order valence-electron chi connectivity index (χ4n) is 1.16. The van der Waals surface area contributed by atoms with Crippen LogP contribution in [-0.2, 0) is 4.12 Å². The molecule has 4 heteroatoms. The Morgan fingerprint density at radius 3 is 2.45 bits per heavy atom. The van der Waals surface area contributed by atoms with Crippen molar-refractivity contribution in [2.45, 2.75) is 38.5 Å². The lowest BCUT2D eigenvalue weighted by Gasteiger charge is -2.22. The van der Waals surface area contributed by atoms with Gasteiger partial charge in [0.2, 0.25) is 0 Å². The summed E-state index contributed by atoms with van der Waals surface area (Å²) in [7, 11) is -1.43. The van der Waals surface area contributed by atoms with Crippen LogP contribution in [0.1, 0.15) is 12.8 Å². The fraction of sp³-hybridized carbons (Fsp3) is 1.00. The van der Waals surface area contributed by atoms with Crippen LogP contribution in [0.3, 0.4) is 0 Å². The van der Waals surface area contributed by atoms with Crippen LogP contribution < -0.4 is 5.73 Å². The maximum Gasteiger partial charge on any atom is 0.172 e. The van der Waals surface area contributed by atoms with Crippen molar-refractivity contribution in [3.63, 3.8) is 0 Å². The van der Waals surface area contributed by atoms with E-state index in [-0.39, 0.29) is 9.76 Å². The monoisotopic (exact) mass is 191 g/mol. The molecule has 0 saturated carbocycles. The van der Waals surface area contributed by atoms with E-state index >= 15 is 0 Å². The van der Waals surface area contributed by atoms with E-state index in [9.17, 15) is 0 Å². The average molecular weight is 191 g/mol. The summed E-state index contributed by atoms with van der Waals surface area (Å²) in [5.74, 6) is 0. The molecular weight excluding hydrogens is 170 g/mol. The van der Waals surface area contributed by atoms with Gasteiger partial charge >= 0.3 is 0 Å². The third kappa shape index (κ3) is 6.74. The summed E-state index contributed by atoms with van der Waals surface area (Å²) in [5.41, 5.74) is 5.42. The maximum atomic E-state index is 5.81. The summed E-state index contributed by atoms with van der Waals surface area (Å²) in [6, 6.07) is 1.28.